The zero-order valence-electron chi connectivity index (χ0n) is 22.7. The van der Waals surface area contributed by atoms with Gasteiger partial charge in [-0.1, -0.05) is 56.9 Å². The van der Waals surface area contributed by atoms with E-state index >= 15 is 0 Å². The lowest BCUT2D eigenvalue weighted by Crippen LogP contribution is -2.24. The lowest BCUT2D eigenvalue weighted by atomic mass is 9.83. The number of carbonyl (C=O) groups excluding carboxylic acids is 1. The van der Waals surface area contributed by atoms with Crippen LogP contribution < -0.4 is 0 Å². The number of aryl methyl sites for hydroxylation is 1. The fourth-order valence-electron chi connectivity index (χ4n) is 5.64. The molecule has 0 saturated heterocycles. The van der Waals surface area contributed by atoms with E-state index in [4.69, 9.17) is 9.47 Å². The molecule has 0 aliphatic heterocycles. The summed E-state index contributed by atoms with van der Waals surface area (Å²) in [6, 6.07) is 8.18. The lowest BCUT2D eigenvalue weighted by molar-refractivity contribution is 0.0159. The molecule has 2 aliphatic rings. The Labute approximate surface area is 215 Å². The molecular weight excluding hydrogens is 432 g/mol. The summed E-state index contributed by atoms with van der Waals surface area (Å²) in [5.41, 5.74) is 3.66. The molecule has 0 amide bonds. The molecule has 3 rings (SSSR count). The van der Waals surface area contributed by atoms with Crippen molar-refractivity contribution in [2.45, 2.75) is 117 Å². The first kappa shape index (κ1) is 28.0. The van der Waals surface area contributed by atoms with E-state index in [0.29, 0.717) is 5.56 Å². The molecule has 1 aromatic rings. The van der Waals surface area contributed by atoms with Crippen molar-refractivity contribution in [3.63, 3.8) is 0 Å². The molecule has 1 fully saturated rings. The topological polar surface area (TPSA) is 35.5 Å². The van der Waals surface area contributed by atoms with Gasteiger partial charge in [-0.3, -0.25) is 0 Å². The zero-order valence-corrected chi connectivity index (χ0v) is 22.7. The monoisotopic (exact) mass is 482 g/mol. The molecule has 3 nitrogen and oxygen atoms in total. The first-order valence-electron chi connectivity index (χ1n) is 14.6. The van der Waals surface area contributed by atoms with E-state index in [9.17, 15) is 4.79 Å². The van der Waals surface area contributed by atoms with E-state index in [1.807, 2.05) is 12.1 Å². The zero-order chi connectivity index (χ0) is 24.9. The summed E-state index contributed by atoms with van der Waals surface area (Å²) in [5, 5.41) is 0. The largest absolute Gasteiger partial charge is 0.459 e. The Morgan fingerprint density at radius 1 is 0.971 bits per heavy atom. The van der Waals surface area contributed by atoms with Crippen molar-refractivity contribution in [3.05, 3.63) is 47.0 Å². The van der Waals surface area contributed by atoms with E-state index < -0.39 is 0 Å². The van der Waals surface area contributed by atoms with Crippen LogP contribution in [-0.2, 0) is 15.9 Å². The third-order valence-corrected chi connectivity index (χ3v) is 8.47. The van der Waals surface area contributed by atoms with Gasteiger partial charge >= 0.3 is 5.97 Å². The van der Waals surface area contributed by atoms with E-state index in [0.717, 1.165) is 56.7 Å². The average molecular weight is 483 g/mol. The summed E-state index contributed by atoms with van der Waals surface area (Å²) in [5.74, 6) is 2.30. The fourth-order valence-corrected chi connectivity index (χ4v) is 5.64. The van der Waals surface area contributed by atoms with Gasteiger partial charge in [0, 0.05) is 13.2 Å². The summed E-state index contributed by atoms with van der Waals surface area (Å²) in [6.07, 6.45) is 19.5. The van der Waals surface area contributed by atoms with E-state index in [1.54, 1.807) is 5.57 Å². The van der Waals surface area contributed by atoms with Crippen LogP contribution in [0.25, 0.3) is 0 Å². The summed E-state index contributed by atoms with van der Waals surface area (Å²) < 4.78 is 11.3. The highest BCUT2D eigenvalue weighted by molar-refractivity contribution is 5.89. The van der Waals surface area contributed by atoms with Gasteiger partial charge in [0.2, 0.25) is 0 Å². The standard InChI is InChI=1S/C32H50O3/c1-4-25(3)8-9-27-18-22-31(23-19-27)35-32(33)30-20-16-29(17-21-30)15-14-28-12-10-26(11-13-28)7-6-24-34-5-2/h10,16-17,20-21,25,27-28,31H,4-9,11-15,18-19,22-24H2,1-3H3. The van der Waals surface area contributed by atoms with Crippen LogP contribution in [0, 0.1) is 17.8 Å². The van der Waals surface area contributed by atoms with Crippen molar-refractivity contribution in [2.24, 2.45) is 17.8 Å². The quantitative estimate of drug-likeness (QED) is 0.151. The third-order valence-electron chi connectivity index (χ3n) is 8.47. The maximum atomic E-state index is 12.7. The number of carbonyl (C=O) groups is 1. The Bertz CT molecular complexity index is 758. The number of ether oxygens (including phenoxy) is 2. The predicted molar refractivity (Wildman–Crippen MR) is 146 cm³/mol. The number of allylic oxidation sites excluding steroid dienone is 2. The van der Waals surface area contributed by atoms with Crippen molar-refractivity contribution in [1.82, 2.24) is 0 Å². The minimum absolute atomic E-state index is 0.102. The van der Waals surface area contributed by atoms with Gasteiger partial charge in [0.15, 0.2) is 0 Å². The molecule has 1 saturated carbocycles. The van der Waals surface area contributed by atoms with Gasteiger partial charge < -0.3 is 9.47 Å². The molecule has 0 radical (unpaired) electrons. The summed E-state index contributed by atoms with van der Waals surface area (Å²) in [7, 11) is 0. The van der Waals surface area contributed by atoms with Gasteiger partial charge in [-0.25, -0.2) is 4.79 Å². The highest BCUT2D eigenvalue weighted by Gasteiger charge is 2.24. The first-order chi connectivity index (χ1) is 17.1. The molecule has 0 bridgehead atoms. The van der Waals surface area contributed by atoms with Crippen LogP contribution >= 0.6 is 0 Å². The molecule has 0 heterocycles. The van der Waals surface area contributed by atoms with Crippen LogP contribution in [0.4, 0.5) is 0 Å². The van der Waals surface area contributed by atoms with Gasteiger partial charge in [-0.05, 0) is 113 Å². The number of hydrogen-bond acceptors (Lipinski definition) is 3. The number of esters is 1. The molecule has 1 aromatic carbocycles. The summed E-state index contributed by atoms with van der Waals surface area (Å²) in [6.45, 7) is 8.41. The number of benzene rings is 1. The maximum absolute atomic E-state index is 12.7. The lowest BCUT2D eigenvalue weighted by Gasteiger charge is -2.29. The molecular formula is C32H50O3. The molecule has 196 valence electrons. The van der Waals surface area contributed by atoms with Crippen LogP contribution in [0.3, 0.4) is 0 Å². The Morgan fingerprint density at radius 2 is 1.74 bits per heavy atom. The molecule has 35 heavy (non-hydrogen) atoms. The Kier molecular flexibility index (Phi) is 12.4. The van der Waals surface area contributed by atoms with Crippen LogP contribution in [0.1, 0.15) is 120 Å². The summed E-state index contributed by atoms with van der Waals surface area (Å²) >= 11 is 0. The van der Waals surface area contributed by atoms with Gasteiger partial charge in [0.05, 0.1) is 5.56 Å². The second-order valence-electron chi connectivity index (χ2n) is 11.2. The Balaban J connectivity index is 1.33. The van der Waals surface area contributed by atoms with Crippen molar-refractivity contribution in [1.29, 1.82) is 0 Å². The number of rotatable bonds is 14. The van der Waals surface area contributed by atoms with Crippen LogP contribution in [-0.4, -0.2) is 25.3 Å². The van der Waals surface area contributed by atoms with Crippen molar-refractivity contribution >= 4 is 5.97 Å². The minimum Gasteiger partial charge on any atom is -0.459 e. The SMILES string of the molecule is CCOCCCC1=CCC(CCc2ccc(C(=O)OC3CCC(CCC(C)CC)CC3)cc2)CC1. The second kappa shape index (κ2) is 15.5. The van der Waals surface area contributed by atoms with E-state index in [-0.39, 0.29) is 12.1 Å². The maximum Gasteiger partial charge on any atom is 0.338 e. The van der Waals surface area contributed by atoms with Crippen LogP contribution in [0.2, 0.25) is 0 Å². The molecule has 0 aromatic heterocycles. The van der Waals surface area contributed by atoms with Gasteiger partial charge in [0.1, 0.15) is 6.10 Å². The predicted octanol–water partition coefficient (Wildman–Crippen LogP) is 8.70. The fraction of sp³-hybridized carbons (Fsp3) is 0.719. The van der Waals surface area contributed by atoms with Gasteiger partial charge in [-0.2, -0.15) is 0 Å². The minimum atomic E-state index is -0.145. The third kappa shape index (κ3) is 10.1. The van der Waals surface area contributed by atoms with Crippen LogP contribution in [0.5, 0.6) is 0 Å². The van der Waals surface area contributed by atoms with Gasteiger partial charge in [0.25, 0.3) is 0 Å². The Morgan fingerprint density at radius 3 is 2.40 bits per heavy atom. The Hall–Kier alpha value is -1.61. The van der Waals surface area contributed by atoms with Crippen molar-refractivity contribution < 1.29 is 14.3 Å². The molecule has 2 aliphatic carbocycles. The highest BCUT2D eigenvalue weighted by atomic mass is 16.5. The second-order valence-corrected chi connectivity index (χ2v) is 11.2. The smallest absolute Gasteiger partial charge is 0.338 e. The molecule has 0 N–H and O–H groups in total. The molecule has 0 spiro atoms. The normalized spacial score (nSPS) is 23.5. The highest BCUT2D eigenvalue weighted by Crippen LogP contribution is 2.32. The van der Waals surface area contributed by atoms with Crippen LogP contribution in [0.15, 0.2) is 35.9 Å². The van der Waals surface area contributed by atoms with Crippen molar-refractivity contribution in [3.8, 4) is 0 Å². The first-order valence-corrected chi connectivity index (χ1v) is 14.6. The van der Waals surface area contributed by atoms with Gasteiger partial charge in [-0.15, -0.1) is 0 Å². The summed E-state index contributed by atoms with van der Waals surface area (Å²) in [4.78, 5) is 12.7. The molecule has 2 unspecified atom stereocenters. The van der Waals surface area contributed by atoms with E-state index in [2.05, 4.69) is 39.0 Å². The molecule has 2 atom stereocenters. The van der Waals surface area contributed by atoms with Crippen molar-refractivity contribution in [2.75, 3.05) is 13.2 Å². The van der Waals surface area contributed by atoms with E-state index in [1.165, 1.54) is 69.8 Å². The number of hydrogen-bond donors (Lipinski definition) is 0. The molecule has 3 heteroatoms. The average Bonchev–Trinajstić information content (AvgIpc) is 2.90.